The molecule has 1 fully saturated rings. The van der Waals surface area contributed by atoms with Crippen LogP contribution in [0.5, 0.6) is 5.88 Å². The first-order valence-electron chi connectivity index (χ1n) is 5.95. The molecule has 88 valence electrons. The molecule has 1 N–H and O–H groups in total. The Labute approximate surface area is 97.2 Å². The van der Waals surface area contributed by atoms with Crippen LogP contribution >= 0.6 is 0 Å². The van der Waals surface area contributed by atoms with Crippen molar-refractivity contribution < 1.29 is 4.74 Å². The maximum absolute atomic E-state index is 5.82. The third-order valence-corrected chi connectivity index (χ3v) is 2.94. The quantitative estimate of drug-likeness (QED) is 0.826. The summed E-state index contributed by atoms with van der Waals surface area (Å²) in [5.41, 5.74) is 3.48. The largest absolute Gasteiger partial charge is 0.477 e. The fourth-order valence-electron chi connectivity index (χ4n) is 1.82. The van der Waals surface area contributed by atoms with Crippen LogP contribution < -0.4 is 10.1 Å². The number of pyridine rings is 1. The molecule has 3 nitrogen and oxygen atoms in total. The van der Waals surface area contributed by atoms with E-state index in [1.54, 1.807) is 0 Å². The molecule has 16 heavy (non-hydrogen) atoms. The molecular formula is C13H20N2O. The van der Waals surface area contributed by atoms with Crippen molar-refractivity contribution in [3.8, 4) is 5.88 Å². The average molecular weight is 220 g/mol. The molecule has 1 aromatic heterocycles. The lowest BCUT2D eigenvalue weighted by atomic mass is 10.1. The number of ether oxygens (including phenoxy) is 1. The van der Waals surface area contributed by atoms with E-state index >= 15 is 0 Å². The van der Waals surface area contributed by atoms with Crippen molar-refractivity contribution in [1.82, 2.24) is 10.3 Å². The van der Waals surface area contributed by atoms with E-state index in [1.807, 2.05) is 14.0 Å². The lowest BCUT2D eigenvalue weighted by molar-refractivity contribution is 0.284. The summed E-state index contributed by atoms with van der Waals surface area (Å²) in [5.74, 6) is 1.59. The SMILES string of the molecule is CNCc1c(C)cc(C)nc1OCC1CC1. The Balaban J connectivity index is 2.16. The summed E-state index contributed by atoms with van der Waals surface area (Å²) < 4.78 is 5.82. The normalized spacial score (nSPS) is 15.2. The Bertz CT molecular complexity index is 372. The molecule has 1 heterocycles. The number of aryl methyl sites for hydroxylation is 2. The third-order valence-electron chi connectivity index (χ3n) is 2.94. The first kappa shape index (κ1) is 11.4. The highest BCUT2D eigenvalue weighted by Gasteiger charge is 2.23. The van der Waals surface area contributed by atoms with Gasteiger partial charge in [0.25, 0.3) is 0 Å². The third kappa shape index (κ3) is 2.73. The smallest absolute Gasteiger partial charge is 0.218 e. The first-order chi connectivity index (χ1) is 7.70. The van der Waals surface area contributed by atoms with Gasteiger partial charge in [-0.25, -0.2) is 4.98 Å². The molecule has 0 unspecified atom stereocenters. The fourth-order valence-corrected chi connectivity index (χ4v) is 1.82. The second-order valence-corrected chi connectivity index (χ2v) is 4.65. The molecule has 3 heteroatoms. The van der Waals surface area contributed by atoms with Gasteiger partial charge in [-0.1, -0.05) is 0 Å². The Morgan fingerprint density at radius 1 is 1.44 bits per heavy atom. The van der Waals surface area contributed by atoms with Gasteiger partial charge >= 0.3 is 0 Å². The molecule has 0 aromatic carbocycles. The summed E-state index contributed by atoms with van der Waals surface area (Å²) in [4.78, 5) is 4.49. The van der Waals surface area contributed by atoms with Gasteiger partial charge in [0.15, 0.2) is 0 Å². The minimum atomic E-state index is 0.769. The summed E-state index contributed by atoms with van der Waals surface area (Å²) in [7, 11) is 1.95. The van der Waals surface area contributed by atoms with Gasteiger partial charge in [0.1, 0.15) is 0 Å². The van der Waals surface area contributed by atoms with Gasteiger partial charge < -0.3 is 10.1 Å². The molecule has 1 aliphatic carbocycles. The lowest BCUT2D eigenvalue weighted by Gasteiger charge is -2.13. The van der Waals surface area contributed by atoms with E-state index in [1.165, 1.54) is 24.0 Å². The van der Waals surface area contributed by atoms with E-state index in [2.05, 4.69) is 23.3 Å². The van der Waals surface area contributed by atoms with Crippen molar-refractivity contribution in [2.75, 3.05) is 13.7 Å². The highest BCUT2D eigenvalue weighted by atomic mass is 16.5. The number of nitrogens with one attached hydrogen (secondary N) is 1. The maximum atomic E-state index is 5.82. The monoisotopic (exact) mass is 220 g/mol. The Hall–Kier alpha value is -1.09. The minimum Gasteiger partial charge on any atom is -0.477 e. The average Bonchev–Trinajstić information content (AvgIpc) is 3.03. The highest BCUT2D eigenvalue weighted by Crippen LogP contribution is 2.30. The summed E-state index contributed by atoms with van der Waals surface area (Å²) in [6.45, 7) is 5.77. The van der Waals surface area contributed by atoms with E-state index in [9.17, 15) is 0 Å². The molecule has 1 aliphatic rings. The van der Waals surface area contributed by atoms with Crippen LogP contribution in [0.2, 0.25) is 0 Å². The Morgan fingerprint density at radius 3 is 2.81 bits per heavy atom. The number of nitrogens with zero attached hydrogens (tertiary/aromatic N) is 1. The van der Waals surface area contributed by atoms with Crippen LogP contribution in [-0.2, 0) is 6.54 Å². The predicted octanol–water partition coefficient (Wildman–Crippen LogP) is 2.21. The fraction of sp³-hybridized carbons (Fsp3) is 0.615. The standard InChI is InChI=1S/C13H20N2O/c1-9-6-10(2)15-13(12(9)7-14-3)16-8-11-4-5-11/h6,11,14H,4-5,7-8H2,1-3H3. The van der Waals surface area contributed by atoms with E-state index in [-0.39, 0.29) is 0 Å². The second kappa shape index (κ2) is 4.83. The summed E-state index contributed by atoms with van der Waals surface area (Å²) >= 11 is 0. The zero-order chi connectivity index (χ0) is 11.5. The maximum Gasteiger partial charge on any atom is 0.218 e. The zero-order valence-electron chi connectivity index (χ0n) is 10.3. The Morgan fingerprint density at radius 2 is 2.19 bits per heavy atom. The van der Waals surface area contributed by atoms with Crippen molar-refractivity contribution in [2.24, 2.45) is 5.92 Å². The van der Waals surface area contributed by atoms with E-state index in [0.29, 0.717) is 0 Å². The zero-order valence-corrected chi connectivity index (χ0v) is 10.3. The van der Waals surface area contributed by atoms with Crippen molar-refractivity contribution >= 4 is 0 Å². The number of hydrogen-bond acceptors (Lipinski definition) is 3. The lowest BCUT2D eigenvalue weighted by Crippen LogP contribution is -2.12. The molecule has 2 rings (SSSR count). The second-order valence-electron chi connectivity index (χ2n) is 4.65. The number of hydrogen-bond donors (Lipinski definition) is 1. The topological polar surface area (TPSA) is 34.2 Å². The molecule has 1 saturated carbocycles. The Kier molecular flexibility index (Phi) is 3.44. The molecule has 0 atom stereocenters. The van der Waals surface area contributed by atoms with Crippen LogP contribution in [0.4, 0.5) is 0 Å². The summed E-state index contributed by atoms with van der Waals surface area (Å²) in [5, 5.41) is 3.17. The van der Waals surface area contributed by atoms with E-state index in [0.717, 1.165) is 30.6 Å². The molecule has 0 spiro atoms. The van der Waals surface area contributed by atoms with Crippen molar-refractivity contribution in [3.63, 3.8) is 0 Å². The molecule has 0 bridgehead atoms. The predicted molar refractivity (Wildman–Crippen MR) is 64.7 cm³/mol. The van der Waals surface area contributed by atoms with Gasteiger partial charge in [0.2, 0.25) is 5.88 Å². The van der Waals surface area contributed by atoms with Gasteiger partial charge in [0, 0.05) is 17.8 Å². The van der Waals surface area contributed by atoms with Crippen LogP contribution in [0, 0.1) is 19.8 Å². The summed E-state index contributed by atoms with van der Waals surface area (Å²) in [6.07, 6.45) is 2.62. The van der Waals surface area contributed by atoms with Crippen LogP contribution in [-0.4, -0.2) is 18.6 Å². The van der Waals surface area contributed by atoms with Crippen molar-refractivity contribution in [1.29, 1.82) is 0 Å². The van der Waals surface area contributed by atoms with Crippen LogP contribution in [0.3, 0.4) is 0 Å². The van der Waals surface area contributed by atoms with Crippen LogP contribution in [0.1, 0.15) is 29.7 Å². The van der Waals surface area contributed by atoms with Crippen LogP contribution in [0.15, 0.2) is 6.07 Å². The number of aromatic nitrogens is 1. The molecule has 1 aromatic rings. The molecule has 0 radical (unpaired) electrons. The number of rotatable bonds is 5. The molecule has 0 amide bonds. The van der Waals surface area contributed by atoms with E-state index in [4.69, 9.17) is 4.74 Å². The van der Waals surface area contributed by atoms with Crippen molar-refractivity contribution in [3.05, 3.63) is 22.9 Å². The van der Waals surface area contributed by atoms with Gasteiger partial charge in [-0.15, -0.1) is 0 Å². The molecule has 0 aliphatic heterocycles. The van der Waals surface area contributed by atoms with Gasteiger partial charge in [-0.05, 0) is 51.3 Å². The summed E-state index contributed by atoms with van der Waals surface area (Å²) in [6, 6.07) is 2.11. The van der Waals surface area contributed by atoms with Crippen LogP contribution in [0.25, 0.3) is 0 Å². The van der Waals surface area contributed by atoms with Gasteiger partial charge in [-0.3, -0.25) is 0 Å². The molecule has 0 saturated heterocycles. The van der Waals surface area contributed by atoms with Gasteiger partial charge in [-0.2, -0.15) is 0 Å². The van der Waals surface area contributed by atoms with Gasteiger partial charge in [0.05, 0.1) is 6.61 Å². The molecular weight excluding hydrogens is 200 g/mol. The highest BCUT2D eigenvalue weighted by molar-refractivity contribution is 5.35. The first-order valence-corrected chi connectivity index (χ1v) is 5.95. The van der Waals surface area contributed by atoms with Crippen molar-refractivity contribution in [2.45, 2.75) is 33.2 Å². The van der Waals surface area contributed by atoms with E-state index < -0.39 is 0 Å². The minimum absolute atomic E-state index is 0.769.